The normalized spacial score (nSPS) is 26.9. The van der Waals surface area contributed by atoms with Gasteiger partial charge in [-0.1, -0.05) is 13.8 Å². The lowest BCUT2D eigenvalue weighted by atomic mass is 9.55. The van der Waals surface area contributed by atoms with Crippen LogP contribution in [0.1, 0.15) is 49.9 Å². The van der Waals surface area contributed by atoms with Crippen LogP contribution in [0.15, 0.2) is 21.5 Å². The number of nitrogens with one attached hydrogen (secondary N) is 2. The lowest BCUT2D eigenvalue weighted by Gasteiger charge is -2.60. The highest BCUT2D eigenvalue weighted by atomic mass is 127. The molecule has 0 radical (unpaired) electrons. The topological polar surface area (TPSA) is 102 Å². The maximum atomic E-state index is 11.1. The molecule has 26 heavy (non-hydrogen) atoms. The number of ether oxygens (including phenoxy) is 1. The molecule has 1 saturated carbocycles. The van der Waals surface area contributed by atoms with Gasteiger partial charge in [-0.25, -0.2) is 4.99 Å². The molecule has 1 aliphatic carbocycles. The Balaban J connectivity index is 0.00000243. The van der Waals surface area contributed by atoms with Crippen LogP contribution < -0.4 is 16.4 Å². The van der Waals surface area contributed by atoms with Gasteiger partial charge in [0.25, 0.3) is 5.91 Å². The van der Waals surface area contributed by atoms with Crippen LogP contribution in [0.5, 0.6) is 0 Å². The third kappa shape index (κ3) is 4.16. The summed E-state index contributed by atoms with van der Waals surface area (Å²) in [6.45, 7) is 8.51. The van der Waals surface area contributed by atoms with Crippen LogP contribution >= 0.6 is 24.0 Å². The molecule has 1 aromatic rings. The molecule has 8 heteroatoms. The van der Waals surface area contributed by atoms with Crippen LogP contribution in [0, 0.1) is 11.3 Å². The van der Waals surface area contributed by atoms with Gasteiger partial charge in [0.2, 0.25) is 0 Å². The second-order valence-corrected chi connectivity index (χ2v) is 7.37. The summed E-state index contributed by atoms with van der Waals surface area (Å²) < 4.78 is 11.3. The standard InChI is InChI=1S/C18H28N4O3.HI/c1-4-20-17(21-10-11-7-8-13(25-11)16(19)23)22-14-12-6-5-9-24-15(12)18(14,2)3;/h7-8,12,14-15H,4-6,9-10H2,1-3H3,(H2,19,23)(H2,20,21,22);1H. The number of fused-ring (bicyclic) bond motifs is 1. The number of hydrogen-bond acceptors (Lipinski definition) is 4. The molecular formula is C18H29IN4O3. The number of halogens is 1. The van der Waals surface area contributed by atoms with E-state index in [2.05, 4.69) is 29.5 Å². The number of aliphatic imine (C=N–C) groups is 1. The third-order valence-electron chi connectivity index (χ3n) is 5.27. The molecule has 146 valence electrons. The van der Waals surface area contributed by atoms with Crippen LogP contribution in [-0.2, 0) is 11.3 Å². The quantitative estimate of drug-likeness (QED) is 0.344. The zero-order chi connectivity index (χ0) is 18.0. The van der Waals surface area contributed by atoms with Crippen molar-refractivity contribution in [2.45, 2.75) is 52.3 Å². The molecule has 1 saturated heterocycles. The minimum atomic E-state index is -0.570. The Morgan fingerprint density at radius 3 is 2.85 bits per heavy atom. The lowest BCUT2D eigenvalue weighted by molar-refractivity contribution is -0.188. The number of furan rings is 1. The van der Waals surface area contributed by atoms with Crippen LogP contribution in [0.3, 0.4) is 0 Å². The van der Waals surface area contributed by atoms with E-state index in [0.717, 1.165) is 25.5 Å². The summed E-state index contributed by atoms with van der Waals surface area (Å²) in [6.07, 6.45) is 2.63. The molecule has 3 unspecified atom stereocenters. The van der Waals surface area contributed by atoms with Crippen molar-refractivity contribution >= 4 is 35.8 Å². The molecule has 4 N–H and O–H groups in total. The van der Waals surface area contributed by atoms with Crippen molar-refractivity contribution in [2.24, 2.45) is 22.1 Å². The number of carbonyl (C=O) groups is 1. The molecule has 2 heterocycles. The maximum Gasteiger partial charge on any atom is 0.284 e. The number of primary amides is 1. The highest BCUT2D eigenvalue weighted by Gasteiger charge is 2.58. The highest BCUT2D eigenvalue weighted by molar-refractivity contribution is 14.0. The number of guanidine groups is 1. The second kappa shape index (κ2) is 8.60. The van der Waals surface area contributed by atoms with Gasteiger partial charge in [-0.2, -0.15) is 0 Å². The van der Waals surface area contributed by atoms with E-state index in [1.165, 1.54) is 6.42 Å². The first kappa shape index (κ1) is 21.0. The summed E-state index contributed by atoms with van der Waals surface area (Å²) in [4.78, 5) is 15.7. The van der Waals surface area contributed by atoms with E-state index in [4.69, 9.17) is 14.9 Å². The SMILES string of the molecule is CCNC(=NCc1ccc(C(N)=O)o1)NC1C2CCCOC2C1(C)C.I. The summed E-state index contributed by atoms with van der Waals surface area (Å²) >= 11 is 0. The van der Waals surface area contributed by atoms with Crippen LogP contribution in [0.25, 0.3) is 0 Å². The van der Waals surface area contributed by atoms with Gasteiger partial charge < -0.3 is 25.5 Å². The first-order valence-electron chi connectivity index (χ1n) is 8.98. The molecule has 7 nitrogen and oxygen atoms in total. The summed E-state index contributed by atoms with van der Waals surface area (Å²) in [5.41, 5.74) is 5.28. The molecule has 3 atom stereocenters. The minimum Gasteiger partial charge on any atom is -0.454 e. The maximum absolute atomic E-state index is 11.1. The molecular weight excluding hydrogens is 447 g/mol. The molecule has 2 aliphatic rings. The van der Waals surface area contributed by atoms with E-state index in [1.807, 2.05) is 6.92 Å². The average molecular weight is 476 g/mol. The Hall–Kier alpha value is -1.29. The van der Waals surface area contributed by atoms with Crippen molar-refractivity contribution in [1.82, 2.24) is 10.6 Å². The summed E-state index contributed by atoms with van der Waals surface area (Å²) in [5, 5.41) is 6.85. The van der Waals surface area contributed by atoms with Crippen molar-refractivity contribution in [3.63, 3.8) is 0 Å². The van der Waals surface area contributed by atoms with Gasteiger partial charge in [-0.05, 0) is 31.9 Å². The fourth-order valence-electron chi connectivity index (χ4n) is 4.04. The highest BCUT2D eigenvalue weighted by Crippen LogP contribution is 2.51. The van der Waals surface area contributed by atoms with Gasteiger partial charge in [0, 0.05) is 30.5 Å². The summed E-state index contributed by atoms with van der Waals surface area (Å²) in [6, 6.07) is 3.63. The van der Waals surface area contributed by atoms with Gasteiger partial charge in [-0.3, -0.25) is 4.79 Å². The Morgan fingerprint density at radius 2 is 2.19 bits per heavy atom. The number of hydrogen-bond donors (Lipinski definition) is 3. The van der Waals surface area contributed by atoms with Crippen molar-refractivity contribution in [3.05, 3.63) is 23.7 Å². The van der Waals surface area contributed by atoms with Crippen LogP contribution in [0.2, 0.25) is 0 Å². The fourth-order valence-corrected chi connectivity index (χ4v) is 4.04. The molecule has 1 aromatic heterocycles. The zero-order valence-corrected chi connectivity index (χ0v) is 17.9. The van der Waals surface area contributed by atoms with Crippen molar-refractivity contribution in [2.75, 3.05) is 13.2 Å². The van der Waals surface area contributed by atoms with E-state index in [-0.39, 0.29) is 35.2 Å². The average Bonchev–Trinajstić information content (AvgIpc) is 3.06. The molecule has 3 rings (SSSR count). The third-order valence-corrected chi connectivity index (χ3v) is 5.27. The Kier molecular flexibility index (Phi) is 6.95. The van der Waals surface area contributed by atoms with E-state index in [1.54, 1.807) is 12.1 Å². The molecule has 0 bridgehead atoms. The van der Waals surface area contributed by atoms with E-state index >= 15 is 0 Å². The van der Waals surface area contributed by atoms with E-state index in [0.29, 0.717) is 30.4 Å². The van der Waals surface area contributed by atoms with Gasteiger partial charge in [0.15, 0.2) is 11.7 Å². The lowest BCUT2D eigenvalue weighted by Crippen LogP contribution is -2.71. The molecule has 0 aromatic carbocycles. The number of carbonyl (C=O) groups excluding carboxylic acids is 1. The minimum absolute atomic E-state index is 0. The second-order valence-electron chi connectivity index (χ2n) is 7.37. The predicted molar refractivity (Wildman–Crippen MR) is 111 cm³/mol. The number of nitrogens with zero attached hydrogens (tertiary/aromatic N) is 1. The van der Waals surface area contributed by atoms with Gasteiger partial charge in [0.1, 0.15) is 12.3 Å². The van der Waals surface area contributed by atoms with Gasteiger partial charge in [-0.15, -0.1) is 24.0 Å². The summed E-state index contributed by atoms with van der Waals surface area (Å²) in [5.74, 6) is 1.47. The predicted octanol–water partition coefficient (Wildman–Crippen LogP) is 2.26. The number of amides is 1. The van der Waals surface area contributed by atoms with Gasteiger partial charge >= 0.3 is 0 Å². The molecule has 1 amide bonds. The first-order valence-corrected chi connectivity index (χ1v) is 8.98. The van der Waals surface area contributed by atoms with Crippen LogP contribution in [0.4, 0.5) is 0 Å². The Morgan fingerprint density at radius 1 is 1.42 bits per heavy atom. The molecule has 2 fully saturated rings. The van der Waals surface area contributed by atoms with Crippen molar-refractivity contribution < 1.29 is 13.9 Å². The number of nitrogens with two attached hydrogens (primary N) is 1. The largest absolute Gasteiger partial charge is 0.454 e. The zero-order valence-electron chi connectivity index (χ0n) is 15.6. The fraction of sp³-hybridized carbons (Fsp3) is 0.667. The van der Waals surface area contributed by atoms with E-state index < -0.39 is 5.91 Å². The Bertz CT molecular complexity index is 659. The molecule has 0 spiro atoms. The number of rotatable bonds is 5. The van der Waals surface area contributed by atoms with Crippen LogP contribution in [-0.4, -0.2) is 37.2 Å². The van der Waals surface area contributed by atoms with Crippen molar-refractivity contribution in [3.8, 4) is 0 Å². The van der Waals surface area contributed by atoms with Crippen molar-refractivity contribution in [1.29, 1.82) is 0 Å². The molecule has 1 aliphatic heterocycles. The van der Waals surface area contributed by atoms with Gasteiger partial charge in [0.05, 0.1) is 6.10 Å². The summed E-state index contributed by atoms with van der Waals surface area (Å²) in [7, 11) is 0. The Labute approximate surface area is 171 Å². The van der Waals surface area contributed by atoms with E-state index in [9.17, 15) is 4.79 Å². The monoisotopic (exact) mass is 476 g/mol. The first-order chi connectivity index (χ1) is 11.9. The smallest absolute Gasteiger partial charge is 0.284 e.